The number of hydrogen-bond acceptors (Lipinski definition) is 2. The molecular formula is C14H22O2. The van der Waals surface area contributed by atoms with E-state index in [1.165, 1.54) is 5.56 Å². The third-order valence-corrected chi connectivity index (χ3v) is 2.49. The van der Waals surface area contributed by atoms with Crippen molar-refractivity contribution in [2.45, 2.75) is 33.3 Å². The fraction of sp³-hybridized carbons (Fsp3) is 0.571. The van der Waals surface area contributed by atoms with Gasteiger partial charge in [-0.25, -0.2) is 0 Å². The maximum absolute atomic E-state index is 9.80. The molecule has 0 heterocycles. The molecule has 0 amide bonds. The van der Waals surface area contributed by atoms with Crippen LogP contribution in [0.1, 0.15) is 38.0 Å². The van der Waals surface area contributed by atoms with Crippen LogP contribution in [0, 0.1) is 5.92 Å². The summed E-state index contributed by atoms with van der Waals surface area (Å²) < 4.78 is 5.19. The van der Waals surface area contributed by atoms with Gasteiger partial charge in [-0.05, 0) is 30.4 Å². The predicted octanol–water partition coefficient (Wildman–Crippen LogP) is 2.96. The predicted molar refractivity (Wildman–Crippen MR) is 66.4 cm³/mol. The van der Waals surface area contributed by atoms with Crippen molar-refractivity contribution in [3.8, 4) is 0 Å². The van der Waals surface area contributed by atoms with Gasteiger partial charge in [0, 0.05) is 6.61 Å². The smallest absolute Gasteiger partial charge is 0.102 e. The van der Waals surface area contributed by atoms with Crippen LogP contribution < -0.4 is 0 Å². The minimum atomic E-state index is -0.506. The minimum absolute atomic E-state index is 0.375. The van der Waals surface area contributed by atoms with Crippen LogP contribution in [0.3, 0.4) is 0 Å². The van der Waals surface area contributed by atoms with Gasteiger partial charge in [-0.1, -0.05) is 38.1 Å². The molecule has 0 aliphatic rings. The molecule has 1 aromatic carbocycles. The molecule has 0 spiro atoms. The van der Waals surface area contributed by atoms with Crippen LogP contribution in [0.15, 0.2) is 24.3 Å². The van der Waals surface area contributed by atoms with E-state index >= 15 is 0 Å². The average molecular weight is 222 g/mol. The molecule has 1 aromatic rings. The molecule has 0 saturated carbocycles. The zero-order chi connectivity index (χ0) is 12.0. The Balaban J connectivity index is 2.56. The molecule has 0 aliphatic carbocycles. The van der Waals surface area contributed by atoms with Crippen LogP contribution >= 0.6 is 0 Å². The molecule has 1 N–H and O–H groups in total. The Hall–Kier alpha value is -0.860. The number of aliphatic hydroxyl groups is 1. The number of hydrogen-bond donors (Lipinski definition) is 1. The Labute approximate surface area is 98.3 Å². The number of aliphatic hydroxyl groups excluding tert-OH is 1. The molecule has 0 aromatic heterocycles. The second-order valence-electron chi connectivity index (χ2n) is 4.51. The summed E-state index contributed by atoms with van der Waals surface area (Å²) in [6.07, 6.45) is 0.579. The van der Waals surface area contributed by atoms with E-state index in [1.807, 2.05) is 19.1 Å². The first kappa shape index (κ1) is 13.2. The third kappa shape index (κ3) is 4.33. The van der Waals surface area contributed by atoms with Gasteiger partial charge in [0.25, 0.3) is 0 Å². The maximum atomic E-state index is 9.80. The molecule has 0 radical (unpaired) electrons. The van der Waals surface area contributed by atoms with Crippen LogP contribution in [0.5, 0.6) is 0 Å². The molecule has 16 heavy (non-hydrogen) atoms. The highest BCUT2D eigenvalue weighted by atomic mass is 16.5. The number of benzene rings is 1. The summed E-state index contributed by atoms with van der Waals surface area (Å²) in [6, 6.07) is 8.15. The highest BCUT2D eigenvalue weighted by molar-refractivity contribution is 5.24. The van der Waals surface area contributed by atoms with Crippen LogP contribution in [-0.2, 0) is 11.2 Å². The topological polar surface area (TPSA) is 29.5 Å². The first-order valence-electron chi connectivity index (χ1n) is 5.98. The Kier molecular flexibility index (Phi) is 5.50. The summed E-state index contributed by atoms with van der Waals surface area (Å²) in [6.45, 7) is 7.36. The van der Waals surface area contributed by atoms with Crippen molar-refractivity contribution >= 4 is 0 Å². The van der Waals surface area contributed by atoms with Crippen molar-refractivity contribution in [2.24, 2.45) is 5.92 Å². The van der Waals surface area contributed by atoms with E-state index in [9.17, 15) is 5.11 Å². The van der Waals surface area contributed by atoms with Crippen molar-refractivity contribution in [1.29, 1.82) is 0 Å². The quantitative estimate of drug-likeness (QED) is 0.802. The van der Waals surface area contributed by atoms with Crippen LogP contribution in [0.25, 0.3) is 0 Å². The Morgan fingerprint density at radius 3 is 2.31 bits per heavy atom. The molecule has 0 bridgehead atoms. The van der Waals surface area contributed by atoms with Gasteiger partial charge >= 0.3 is 0 Å². The van der Waals surface area contributed by atoms with Gasteiger partial charge in [-0.15, -0.1) is 0 Å². The fourth-order valence-corrected chi connectivity index (χ4v) is 1.67. The van der Waals surface area contributed by atoms with Gasteiger partial charge in [0.1, 0.15) is 6.10 Å². The van der Waals surface area contributed by atoms with Gasteiger partial charge in [0.15, 0.2) is 0 Å². The monoisotopic (exact) mass is 222 g/mol. The van der Waals surface area contributed by atoms with E-state index in [0.29, 0.717) is 19.1 Å². The van der Waals surface area contributed by atoms with E-state index < -0.39 is 6.10 Å². The van der Waals surface area contributed by atoms with E-state index in [2.05, 4.69) is 26.0 Å². The molecule has 0 saturated heterocycles. The first-order chi connectivity index (χ1) is 7.63. The van der Waals surface area contributed by atoms with Gasteiger partial charge in [0.05, 0.1) is 6.61 Å². The van der Waals surface area contributed by atoms with E-state index in [4.69, 9.17) is 4.74 Å². The van der Waals surface area contributed by atoms with Crippen molar-refractivity contribution < 1.29 is 9.84 Å². The number of ether oxygens (including phenoxy) is 1. The molecule has 0 fully saturated rings. The zero-order valence-electron chi connectivity index (χ0n) is 10.4. The molecule has 90 valence electrons. The summed E-state index contributed by atoms with van der Waals surface area (Å²) in [4.78, 5) is 0. The molecular weight excluding hydrogens is 200 g/mol. The van der Waals surface area contributed by atoms with Crippen LogP contribution in [0.4, 0.5) is 0 Å². The van der Waals surface area contributed by atoms with Crippen molar-refractivity contribution in [1.82, 2.24) is 0 Å². The second kappa shape index (κ2) is 6.66. The standard InChI is InChI=1S/C14H22O2/c1-4-16-10-14(15)13-7-5-12(6-8-13)9-11(2)3/h5-8,11,14-15H,4,9-10H2,1-3H3/t14-/m1/s1. The summed E-state index contributed by atoms with van der Waals surface area (Å²) in [5, 5.41) is 9.80. The molecule has 0 aliphatic heterocycles. The van der Waals surface area contributed by atoms with Crippen molar-refractivity contribution in [2.75, 3.05) is 13.2 Å². The molecule has 1 rings (SSSR count). The largest absolute Gasteiger partial charge is 0.386 e. The van der Waals surface area contributed by atoms with Gasteiger partial charge in [-0.2, -0.15) is 0 Å². The molecule has 0 unspecified atom stereocenters. The summed E-state index contributed by atoms with van der Waals surface area (Å²) in [5.74, 6) is 0.666. The Morgan fingerprint density at radius 2 is 1.81 bits per heavy atom. The highest BCUT2D eigenvalue weighted by Crippen LogP contribution is 2.16. The lowest BCUT2D eigenvalue weighted by molar-refractivity contribution is 0.0420. The van der Waals surface area contributed by atoms with Crippen molar-refractivity contribution in [3.05, 3.63) is 35.4 Å². The lowest BCUT2D eigenvalue weighted by Gasteiger charge is -2.12. The van der Waals surface area contributed by atoms with Crippen LogP contribution in [-0.4, -0.2) is 18.3 Å². The van der Waals surface area contributed by atoms with Gasteiger partial charge < -0.3 is 9.84 Å². The Bertz CT molecular complexity index is 290. The lowest BCUT2D eigenvalue weighted by Crippen LogP contribution is -2.07. The van der Waals surface area contributed by atoms with Crippen molar-refractivity contribution in [3.63, 3.8) is 0 Å². The number of rotatable bonds is 6. The normalized spacial score (nSPS) is 13.1. The molecule has 1 atom stereocenters. The minimum Gasteiger partial charge on any atom is -0.386 e. The summed E-state index contributed by atoms with van der Waals surface area (Å²) in [5.41, 5.74) is 2.25. The fourth-order valence-electron chi connectivity index (χ4n) is 1.67. The Morgan fingerprint density at radius 1 is 1.19 bits per heavy atom. The van der Waals surface area contributed by atoms with Crippen LogP contribution in [0.2, 0.25) is 0 Å². The van der Waals surface area contributed by atoms with E-state index in [-0.39, 0.29) is 0 Å². The second-order valence-corrected chi connectivity index (χ2v) is 4.51. The first-order valence-corrected chi connectivity index (χ1v) is 5.98. The van der Waals surface area contributed by atoms with E-state index in [0.717, 1.165) is 12.0 Å². The molecule has 2 heteroatoms. The highest BCUT2D eigenvalue weighted by Gasteiger charge is 2.07. The zero-order valence-corrected chi connectivity index (χ0v) is 10.4. The summed E-state index contributed by atoms with van der Waals surface area (Å²) >= 11 is 0. The molecule has 2 nitrogen and oxygen atoms in total. The van der Waals surface area contributed by atoms with Gasteiger partial charge in [0.2, 0.25) is 0 Å². The SMILES string of the molecule is CCOC[C@@H](O)c1ccc(CC(C)C)cc1. The third-order valence-electron chi connectivity index (χ3n) is 2.49. The average Bonchev–Trinajstić information content (AvgIpc) is 2.26. The maximum Gasteiger partial charge on any atom is 0.102 e. The summed E-state index contributed by atoms with van der Waals surface area (Å²) in [7, 11) is 0. The van der Waals surface area contributed by atoms with Gasteiger partial charge in [-0.3, -0.25) is 0 Å². The lowest BCUT2D eigenvalue weighted by atomic mass is 10.0. The van der Waals surface area contributed by atoms with E-state index in [1.54, 1.807) is 0 Å².